The zero-order valence-electron chi connectivity index (χ0n) is 11.4. The molecule has 3 N–H and O–H groups in total. The lowest BCUT2D eigenvalue weighted by Gasteiger charge is -2.32. The first-order valence-corrected chi connectivity index (χ1v) is 6.20. The van der Waals surface area contributed by atoms with Crippen LogP contribution < -0.4 is 11.1 Å². The van der Waals surface area contributed by atoms with Crippen LogP contribution in [-0.4, -0.2) is 41.9 Å². The first kappa shape index (κ1) is 17.2. The van der Waals surface area contributed by atoms with Crippen LogP contribution in [0, 0.1) is 0 Å². The predicted molar refractivity (Wildman–Crippen MR) is 73.6 cm³/mol. The molecule has 0 saturated carbocycles. The van der Waals surface area contributed by atoms with Gasteiger partial charge in [-0.25, -0.2) is 0 Å². The smallest absolute Gasteiger partial charge is 0.240 e. The van der Waals surface area contributed by atoms with Gasteiger partial charge in [0.1, 0.15) is 0 Å². The molecular formula is C12H24ClN3O2. The average Bonchev–Trinajstić information content (AvgIpc) is 2.23. The van der Waals surface area contributed by atoms with Gasteiger partial charge in [0, 0.05) is 26.1 Å². The van der Waals surface area contributed by atoms with E-state index in [1.54, 1.807) is 18.9 Å². The van der Waals surface area contributed by atoms with Crippen LogP contribution in [0.15, 0.2) is 0 Å². The summed E-state index contributed by atoms with van der Waals surface area (Å²) < 4.78 is 0. The fourth-order valence-electron chi connectivity index (χ4n) is 2.11. The number of halogens is 1. The van der Waals surface area contributed by atoms with Crippen molar-refractivity contribution in [3.63, 3.8) is 0 Å². The van der Waals surface area contributed by atoms with Gasteiger partial charge in [0.2, 0.25) is 11.8 Å². The molecule has 6 heteroatoms. The van der Waals surface area contributed by atoms with Gasteiger partial charge in [-0.3, -0.25) is 9.59 Å². The van der Waals surface area contributed by atoms with Crippen molar-refractivity contribution < 1.29 is 9.59 Å². The number of likely N-dealkylation sites (N-methyl/N-ethyl adjacent to an activating group) is 1. The first-order chi connectivity index (χ1) is 7.86. The lowest BCUT2D eigenvalue weighted by atomic mass is 9.95. The third-order valence-corrected chi connectivity index (χ3v) is 3.25. The Morgan fingerprint density at radius 1 is 1.61 bits per heavy atom. The van der Waals surface area contributed by atoms with Gasteiger partial charge in [0.05, 0.1) is 5.54 Å². The summed E-state index contributed by atoms with van der Waals surface area (Å²) >= 11 is 0. The molecule has 106 valence electrons. The van der Waals surface area contributed by atoms with Gasteiger partial charge in [-0.1, -0.05) is 13.3 Å². The summed E-state index contributed by atoms with van der Waals surface area (Å²) in [6.45, 7) is 4.34. The third-order valence-electron chi connectivity index (χ3n) is 3.25. The molecule has 1 rings (SSSR count). The Morgan fingerprint density at radius 3 is 2.72 bits per heavy atom. The molecule has 0 aromatic rings. The average molecular weight is 278 g/mol. The Morgan fingerprint density at radius 2 is 2.22 bits per heavy atom. The monoisotopic (exact) mass is 277 g/mol. The Kier molecular flexibility index (Phi) is 6.63. The second-order valence-corrected chi connectivity index (χ2v) is 5.15. The van der Waals surface area contributed by atoms with Crippen molar-refractivity contribution in [3.8, 4) is 0 Å². The largest absolute Gasteiger partial charge is 0.350 e. The first-order valence-electron chi connectivity index (χ1n) is 6.20. The van der Waals surface area contributed by atoms with Crippen molar-refractivity contribution in [1.29, 1.82) is 0 Å². The highest BCUT2D eigenvalue weighted by Gasteiger charge is 2.31. The van der Waals surface area contributed by atoms with E-state index in [1.165, 1.54) is 0 Å². The van der Waals surface area contributed by atoms with E-state index < -0.39 is 5.54 Å². The van der Waals surface area contributed by atoms with Gasteiger partial charge in [-0.2, -0.15) is 0 Å². The number of nitrogens with zero attached hydrogens (tertiary/aromatic N) is 1. The van der Waals surface area contributed by atoms with Gasteiger partial charge in [-0.15, -0.1) is 12.4 Å². The van der Waals surface area contributed by atoms with Crippen molar-refractivity contribution in [2.24, 2.45) is 5.73 Å². The van der Waals surface area contributed by atoms with E-state index in [1.807, 2.05) is 6.92 Å². The maximum absolute atomic E-state index is 12.0. The Bertz CT molecular complexity index is 308. The van der Waals surface area contributed by atoms with E-state index in [4.69, 9.17) is 5.73 Å². The fourth-order valence-corrected chi connectivity index (χ4v) is 2.11. The maximum atomic E-state index is 12.0. The molecule has 5 nitrogen and oxygen atoms in total. The molecule has 0 aromatic heterocycles. The van der Waals surface area contributed by atoms with E-state index in [-0.39, 0.29) is 30.3 Å². The number of nitrogens with two attached hydrogens (primary N) is 1. The molecule has 1 fully saturated rings. The minimum Gasteiger partial charge on any atom is -0.350 e. The highest BCUT2D eigenvalue weighted by molar-refractivity contribution is 5.86. The van der Waals surface area contributed by atoms with Crippen LogP contribution in [0.2, 0.25) is 0 Å². The zero-order valence-corrected chi connectivity index (χ0v) is 12.2. The standard InChI is InChI=1S/C12H23N3O2.ClH/c1-4-7-12(2,13)11(17)14-9-5-6-10(16)15(3)8-9;/h9H,4-8,13H2,1-3H3,(H,14,17);1H. The molecule has 1 saturated heterocycles. The minimum absolute atomic E-state index is 0. The number of carbonyl (C=O) groups excluding carboxylic acids is 2. The van der Waals surface area contributed by atoms with Gasteiger partial charge in [-0.05, 0) is 19.8 Å². The highest BCUT2D eigenvalue weighted by atomic mass is 35.5. The quantitative estimate of drug-likeness (QED) is 0.793. The number of hydrogen-bond donors (Lipinski definition) is 2. The molecule has 0 radical (unpaired) electrons. The Labute approximate surface area is 115 Å². The van der Waals surface area contributed by atoms with E-state index in [0.717, 1.165) is 6.42 Å². The molecule has 1 heterocycles. The third kappa shape index (κ3) is 4.46. The van der Waals surface area contributed by atoms with Gasteiger partial charge in [0.15, 0.2) is 0 Å². The molecule has 1 aliphatic rings. The van der Waals surface area contributed by atoms with Crippen molar-refractivity contribution in [2.75, 3.05) is 13.6 Å². The van der Waals surface area contributed by atoms with Crippen molar-refractivity contribution in [2.45, 2.75) is 51.1 Å². The molecule has 0 bridgehead atoms. The number of amides is 2. The van der Waals surface area contributed by atoms with Crippen molar-refractivity contribution in [3.05, 3.63) is 0 Å². The number of hydrogen-bond acceptors (Lipinski definition) is 3. The van der Waals surface area contributed by atoms with Crippen molar-refractivity contribution in [1.82, 2.24) is 10.2 Å². The molecule has 1 aliphatic heterocycles. The zero-order chi connectivity index (χ0) is 13.1. The number of nitrogens with one attached hydrogen (secondary N) is 1. The van der Waals surface area contributed by atoms with E-state index in [0.29, 0.717) is 25.8 Å². The van der Waals surface area contributed by atoms with Crippen LogP contribution in [0.4, 0.5) is 0 Å². The van der Waals surface area contributed by atoms with Gasteiger partial charge >= 0.3 is 0 Å². The molecule has 0 aromatic carbocycles. The van der Waals surface area contributed by atoms with Crippen LogP contribution in [-0.2, 0) is 9.59 Å². The molecule has 2 amide bonds. The SMILES string of the molecule is CCCC(C)(N)C(=O)NC1CCC(=O)N(C)C1.Cl. The Hall–Kier alpha value is -0.810. The van der Waals surface area contributed by atoms with Crippen LogP contribution in [0.3, 0.4) is 0 Å². The highest BCUT2D eigenvalue weighted by Crippen LogP contribution is 2.13. The minimum atomic E-state index is -0.811. The number of carbonyl (C=O) groups is 2. The van der Waals surface area contributed by atoms with Gasteiger partial charge in [0.25, 0.3) is 0 Å². The normalized spacial score (nSPS) is 23.0. The summed E-state index contributed by atoms with van der Waals surface area (Å²) in [5.41, 5.74) is 5.15. The summed E-state index contributed by atoms with van der Waals surface area (Å²) in [5.74, 6) is 0.0201. The van der Waals surface area contributed by atoms with Crippen LogP contribution >= 0.6 is 12.4 Å². The molecular weight excluding hydrogens is 254 g/mol. The number of piperidine rings is 1. The fraction of sp³-hybridized carbons (Fsp3) is 0.833. The van der Waals surface area contributed by atoms with E-state index in [2.05, 4.69) is 5.32 Å². The predicted octanol–water partition coefficient (Wildman–Crippen LogP) is 0.663. The second-order valence-electron chi connectivity index (χ2n) is 5.15. The van der Waals surface area contributed by atoms with E-state index in [9.17, 15) is 9.59 Å². The number of rotatable bonds is 4. The maximum Gasteiger partial charge on any atom is 0.240 e. The lowest BCUT2D eigenvalue weighted by molar-refractivity contribution is -0.134. The summed E-state index contributed by atoms with van der Waals surface area (Å²) in [6, 6.07) is 0.0323. The summed E-state index contributed by atoms with van der Waals surface area (Å²) in [6.07, 6.45) is 2.75. The lowest BCUT2D eigenvalue weighted by Crippen LogP contribution is -2.57. The molecule has 2 atom stereocenters. The van der Waals surface area contributed by atoms with Gasteiger partial charge < -0.3 is 16.0 Å². The summed E-state index contributed by atoms with van der Waals surface area (Å²) in [7, 11) is 1.76. The van der Waals surface area contributed by atoms with Crippen LogP contribution in [0.5, 0.6) is 0 Å². The Balaban J connectivity index is 0.00000289. The summed E-state index contributed by atoms with van der Waals surface area (Å²) in [5, 5.41) is 2.94. The van der Waals surface area contributed by atoms with E-state index >= 15 is 0 Å². The number of likely N-dealkylation sites (tertiary alicyclic amines) is 1. The summed E-state index contributed by atoms with van der Waals surface area (Å²) in [4.78, 5) is 24.9. The van der Waals surface area contributed by atoms with Crippen LogP contribution in [0.25, 0.3) is 0 Å². The molecule has 2 unspecified atom stereocenters. The molecule has 18 heavy (non-hydrogen) atoms. The molecule has 0 aliphatic carbocycles. The van der Waals surface area contributed by atoms with Crippen LogP contribution in [0.1, 0.15) is 39.5 Å². The molecule has 0 spiro atoms. The van der Waals surface area contributed by atoms with Crippen molar-refractivity contribution >= 4 is 24.2 Å². The second kappa shape index (κ2) is 6.95. The topological polar surface area (TPSA) is 75.4 Å².